The predicted octanol–water partition coefficient (Wildman–Crippen LogP) is 6.46. The molecule has 0 heterocycles. The summed E-state index contributed by atoms with van der Waals surface area (Å²) in [4.78, 5) is 13.0. The third-order valence-corrected chi connectivity index (χ3v) is 6.31. The van der Waals surface area contributed by atoms with Gasteiger partial charge in [-0.3, -0.25) is 4.79 Å². The fraction of sp³-hybridized carbons (Fsp3) is 0.269. The molecule has 3 aromatic carbocycles. The van der Waals surface area contributed by atoms with E-state index in [1.165, 1.54) is 13.0 Å². The van der Waals surface area contributed by atoms with Crippen LogP contribution in [0.4, 0.5) is 0 Å². The van der Waals surface area contributed by atoms with Crippen LogP contribution in [-0.4, -0.2) is 35.5 Å². The van der Waals surface area contributed by atoms with Gasteiger partial charge in [-0.25, -0.2) is 0 Å². The molecule has 0 atom stereocenters. The Bertz CT molecular complexity index is 1140. The number of rotatable bonds is 8. The summed E-state index contributed by atoms with van der Waals surface area (Å²) in [5, 5.41) is 21.7. The van der Waals surface area contributed by atoms with E-state index in [4.69, 9.17) is 9.47 Å². The predicted molar refractivity (Wildman–Crippen MR) is 130 cm³/mol. The molecule has 0 spiro atoms. The molecule has 0 aliphatic carbocycles. The number of ether oxygens (including phenoxy) is 2. The van der Waals surface area contributed by atoms with E-state index in [0.717, 1.165) is 33.1 Å². The van der Waals surface area contributed by atoms with Crippen LogP contribution in [0.1, 0.15) is 36.7 Å². The number of phenolic OH excluding ortho intramolecular Hbond substituents is 2. The van der Waals surface area contributed by atoms with Gasteiger partial charge in [0.2, 0.25) is 0 Å². The Morgan fingerprint density at radius 2 is 1.69 bits per heavy atom. The summed E-state index contributed by atoms with van der Waals surface area (Å²) in [5.41, 5.74) is 4.24. The van der Waals surface area contributed by atoms with Gasteiger partial charge in [0, 0.05) is 10.5 Å². The molecule has 3 rings (SSSR count). The lowest BCUT2D eigenvalue weighted by atomic mass is 9.93. The van der Waals surface area contributed by atoms with Crippen molar-refractivity contribution in [1.82, 2.24) is 0 Å². The highest BCUT2D eigenvalue weighted by molar-refractivity contribution is 7.99. The normalized spacial score (nSPS) is 10.8. The first-order valence-electron chi connectivity index (χ1n) is 10.5. The SMILES string of the molecule is CCOc1cc(-c2c(O)cc(-c3ccc(OC)cc3)c(C)c2SCC)cc(O)c1C(C)=O. The van der Waals surface area contributed by atoms with Crippen molar-refractivity contribution in [3.8, 4) is 45.3 Å². The van der Waals surface area contributed by atoms with E-state index in [0.29, 0.717) is 23.5 Å². The lowest BCUT2D eigenvalue weighted by molar-refractivity contribution is 0.101. The average molecular weight is 453 g/mol. The number of thioether (sulfide) groups is 1. The first-order valence-corrected chi connectivity index (χ1v) is 11.5. The Hall–Kier alpha value is -3.12. The summed E-state index contributed by atoms with van der Waals surface area (Å²) < 4.78 is 10.9. The average Bonchev–Trinajstić information content (AvgIpc) is 2.76. The Kier molecular flexibility index (Phi) is 7.36. The van der Waals surface area contributed by atoms with Crippen LogP contribution in [0.3, 0.4) is 0 Å². The van der Waals surface area contributed by atoms with Crippen molar-refractivity contribution in [2.45, 2.75) is 32.6 Å². The van der Waals surface area contributed by atoms with Crippen LogP contribution in [0.15, 0.2) is 47.4 Å². The number of carbonyl (C=O) groups is 1. The zero-order valence-electron chi connectivity index (χ0n) is 19.0. The van der Waals surface area contributed by atoms with Crippen LogP contribution >= 0.6 is 11.8 Å². The standard InChI is InChI=1S/C26H28O5S/c1-6-31-23-13-18(12-21(28)24(23)16(4)27)25-22(29)14-20(15(3)26(25)32-7-2)17-8-10-19(30-5)11-9-17/h8-14,28-29H,6-7H2,1-5H3. The van der Waals surface area contributed by atoms with Crippen molar-refractivity contribution in [3.63, 3.8) is 0 Å². The number of benzene rings is 3. The van der Waals surface area contributed by atoms with Crippen molar-refractivity contribution < 1.29 is 24.5 Å². The largest absolute Gasteiger partial charge is 0.507 e. The highest BCUT2D eigenvalue weighted by atomic mass is 32.2. The molecule has 0 radical (unpaired) electrons. The lowest BCUT2D eigenvalue weighted by Crippen LogP contribution is -2.02. The summed E-state index contributed by atoms with van der Waals surface area (Å²) in [6.07, 6.45) is 0. The summed E-state index contributed by atoms with van der Waals surface area (Å²) in [7, 11) is 1.63. The Morgan fingerprint density at radius 1 is 1.00 bits per heavy atom. The smallest absolute Gasteiger partial charge is 0.167 e. The monoisotopic (exact) mass is 452 g/mol. The molecule has 168 valence electrons. The first-order chi connectivity index (χ1) is 15.3. The topological polar surface area (TPSA) is 76.0 Å². The van der Waals surface area contributed by atoms with E-state index in [1.54, 1.807) is 31.0 Å². The van der Waals surface area contributed by atoms with Crippen molar-refractivity contribution in [2.75, 3.05) is 19.5 Å². The molecule has 0 fully saturated rings. The highest BCUT2D eigenvalue weighted by Gasteiger charge is 2.22. The highest BCUT2D eigenvalue weighted by Crippen LogP contribution is 2.47. The number of phenols is 2. The molecule has 5 nitrogen and oxygen atoms in total. The second kappa shape index (κ2) is 10.0. The zero-order chi connectivity index (χ0) is 23.4. The van der Waals surface area contributed by atoms with E-state index >= 15 is 0 Å². The van der Waals surface area contributed by atoms with Gasteiger partial charge in [0.05, 0.1) is 13.7 Å². The molecule has 0 bridgehead atoms. The minimum Gasteiger partial charge on any atom is -0.507 e. The quantitative estimate of drug-likeness (QED) is 0.302. The fourth-order valence-corrected chi connectivity index (χ4v) is 4.77. The molecule has 0 saturated heterocycles. The molecule has 0 saturated carbocycles. The summed E-state index contributed by atoms with van der Waals surface area (Å²) in [6.45, 7) is 7.62. The van der Waals surface area contributed by atoms with Gasteiger partial charge >= 0.3 is 0 Å². The summed E-state index contributed by atoms with van der Waals surface area (Å²) in [5.74, 6) is 1.52. The molecule has 0 aromatic heterocycles. The van der Waals surface area contributed by atoms with Gasteiger partial charge in [0.25, 0.3) is 0 Å². The fourth-order valence-electron chi connectivity index (χ4n) is 3.79. The number of carbonyl (C=O) groups excluding carboxylic acids is 1. The van der Waals surface area contributed by atoms with E-state index in [2.05, 4.69) is 0 Å². The van der Waals surface area contributed by atoms with Gasteiger partial charge in [-0.15, -0.1) is 11.8 Å². The van der Waals surface area contributed by atoms with Crippen LogP contribution in [-0.2, 0) is 0 Å². The third kappa shape index (κ3) is 4.55. The molecule has 0 aliphatic heterocycles. The molecule has 32 heavy (non-hydrogen) atoms. The van der Waals surface area contributed by atoms with Crippen LogP contribution in [0.25, 0.3) is 22.3 Å². The maximum atomic E-state index is 12.0. The Balaban J connectivity index is 2.25. The summed E-state index contributed by atoms with van der Waals surface area (Å²) in [6, 6.07) is 12.7. The number of ketones is 1. The molecule has 0 aliphatic rings. The number of hydrogen-bond acceptors (Lipinski definition) is 6. The summed E-state index contributed by atoms with van der Waals surface area (Å²) >= 11 is 1.62. The molecule has 0 unspecified atom stereocenters. The van der Waals surface area contributed by atoms with Crippen LogP contribution in [0, 0.1) is 6.92 Å². The van der Waals surface area contributed by atoms with Gasteiger partial charge in [-0.1, -0.05) is 19.1 Å². The Morgan fingerprint density at radius 3 is 2.25 bits per heavy atom. The van der Waals surface area contributed by atoms with E-state index in [-0.39, 0.29) is 22.8 Å². The van der Waals surface area contributed by atoms with Gasteiger partial charge in [-0.2, -0.15) is 0 Å². The molecule has 2 N–H and O–H groups in total. The zero-order valence-corrected chi connectivity index (χ0v) is 19.8. The van der Waals surface area contributed by atoms with Gasteiger partial charge < -0.3 is 19.7 Å². The van der Waals surface area contributed by atoms with E-state index in [1.807, 2.05) is 45.0 Å². The number of aromatic hydroxyl groups is 2. The van der Waals surface area contributed by atoms with Crippen molar-refractivity contribution in [3.05, 3.63) is 53.6 Å². The molecular weight excluding hydrogens is 424 g/mol. The van der Waals surface area contributed by atoms with Gasteiger partial charge in [0.15, 0.2) is 5.78 Å². The van der Waals surface area contributed by atoms with E-state index < -0.39 is 0 Å². The van der Waals surface area contributed by atoms with Crippen LogP contribution in [0.5, 0.6) is 23.0 Å². The van der Waals surface area contributed by atoms with Gasteiger partial charge in [0.1, 0.15) is 28.6 Å². The minimum absolute atomic E-state index is 0.0924. The van der Waals surface area contributed by atoms with E-state index in [9.17, 15) is 15.0 Å². The number of Topliss-reactive ketones (excluding diaryl/α,β-unsaturated/α-hetero) is 1. The maximum absolute atomic E-state index is 12.0. The van der Waals surface area contributed by atoms with Crippen molar-refractivity contribution in [2.24, 2.45) is 0 Å². The van der Waals surface area contributed by atoms with Crippen molar-refractivity contribution >= 4 is 17.5 Å². The number of methoxy groups -OCH3 is 1. The van der Waals surface area contributed by atoms with Crippen LogP contribution in [0.2, 0.25) is 0 Å². The lowest BCUT2D eigenvalue weighted by Gasteiger charge is -2.20. The second-order valence-corrected chi connectivity index (χ2v) is 8.57. The molecule has 3 aromatic rings. The van der Waals surface area contributed by atoms with Crippen LogP contribution < -0.4 is 9.47 Å². The Labute approximate surface area is 193 Å². The van der Waals surface area contributed by atoms with Crippen molar-refractivity contribution in [1.29, 1.82) is 0 Å². The second-order valence-electron chi connectivity index (χ2n) is 7.29. The molecule has 0 amide bonds. The molecule has 6 heteroatoms. The minimum atomic E-state index is -0.282. The van der Waals surface area contributed by atoms with Gasteiger partial charge in [-0.05, 0) is 79.1 Å². The molecular formula is C26H28O5S. The maximum Gasteiger partial charge on any atom is 0.167 e. The number of hydrogen-bond donors (Lipinski definition) is 2. The third-order valence-electron chi connectivity index (χ3n) is 5.22. The first kappa shape index (κ1) is 23.5.